The topological polar surface area (TPSA) is 35.5 Å². The smallest absolute Gasteiger partial charge is 0.293 e. The Bertz CT molecular complexity index is 741. The number of hydrogen-bond donors (Lipinski definition) is 0. The number of thioether (sulfide) groups is 2. The van der Waals surface area contributed by atoms with Gasteiger partial charge in [-0.2, -0.15) is 0 Å². The molecule has 0 aliphatic carbocycles. The van der Waals surface area contributed by atoms with Gasteiger partial charge in [0, 0.05) is 19.8 Å². The fourth-order valence-corrected chi connectivity index (χ4v) is 7.08. The molecule has 0 amide bonds. The standard InChI is InChI=1S/C22H29Cl2O3PS2/c1-5-21(6-2,29-19-13-9-17(23)10-14-19)26-28(25)27-22(7-3,8-4)30-20-15-11-18(24)12-16-20/h9-16,28H,5-8H2,1-4H3. The first-order chi connectivity index (χ1) is 14.3. The molecule has 0 bridgehead atoms. The van der Waals surface area contributed by atoms with Gasteiger partial charge in [0.05, 0.1) is 0 Å². The Labute approximate surface area is 199 Å². The van der Waals surface area contributed by atoms with Gasteiger partial charge in [-0.05, 0) is 74.2 Å². The van der Waals surface area contributed by atoms with E-state index < -0.39 is 18.1 Å². The highest BCUT2D eigenvalue weighted by molar-refractivity contribution is 8.01. The normalized spacial score (nSPS) is 12.5. The maximum Gasteiger partial charge on any atom is 0.321 e. The lowest BCUT2D eigenvalue weighted by molar-refractivity contribution is 0.0881. The predicted molar refractivity (Wildman–Crippen MR) is 132 cm³/mol. The molecule has 0 aliphatic heterocycles. The summed E-state index contributed by atoms with van der Waals surface area (Å²) in [6, 6.07) is 15.2. The summed E-state index contributed by atoms with van der Waals surface area (Å²) in [6.45, 7) is 8.15. The van der Waals surface area contributed by atoms with Crippen LogP contribution in [0.2, 0.25) is 10.0 Å². The number of benzene rings is 2. The van der Waals surface area contributed by atoms with Crippen molar-refractivity contribution in [3.8, 4) is 0 Å². The predicted octanol–water partition coefficient (Wildman–Crippen LogP) is 9.33. The lowest BCUT2D eigenvalue weighted by atomic mass is 10.2. The third-order valence-electron chi connectivity index (χ3n) is 4.93. The van der Waals surface area contributed by atoms with Crippen molar-refractivity contribution in [2.45, 2.75) is 73.0 Å². The second-order valence-electron chi connectivity index (χ2n) is 6.80. The number of halogens is 2. The van der Waals surface area contributed by atoms with E-state index in [1.165, 1.54) is 0 Å². The van der Waals surface area contributed by atoms with Crippen LogP contribution >= 0.6 is 55.0 Å². The van der Waals surface area contributed by atoms with Gasteiger partial charge in [0.25, 0.3) is 0 Å². The first-order valence-corrected chi connectivity index (χ1v) is 13.7. The SMILES string of the molecule is CCC(CC)(O[PH](=O)OC(CC)(CC)Sc1ccc(Cl)cc1)Sc1ccc(Cl)cc1. The Balaban J connectivity index is 2.14. The minimum Gasteiger partial charge on any atom is -0.293 e. The summed E-state index contributed by atoms with van der Waals surface area (Å²) >= 11 is 15.1. The molecule has 0 saturated heterocycles. The minimum absolute atomic E-state index is 0.623. The molecular formula is C22H29Cl2O3PS2. The van der Waals surface area contributed by atoms with Gasteiger partial charge in [0.2, 0.25) is 0 Å². The van der Waals surface area contributed by atoms with Gasteiger partial charge < -0.3 is 0 Å². The van der Waals surface area contributed by atoms with Gasteiger partial charge in [0.15, 0.2) is 0 Å². The van der Waals surface area contributed by atoms with Crippen LogP contribution in [-0.4, -0.2) is 9.87 Å². The summed E-state index contributed by atoms with van der Waals surface area (Å²) in [4.78, 5) is 0.792. The van der Waals surface area contributed by atoms with Crippen molar-refractivity contribution < 1.29 is 13.6 Å². The third kappa shape index (κ3) is 7.48. The van der Waals surface area contributed by atoms with Crippen LogP contribution in [0.25, 0.3) is 0 Å². The summed E-state index contributed by atoms with van der Waals surface area (Å²) in [5.41, 5.74) is 0. The molecule has 2 aromatic rings. The van der Waals surface area contributed by atoms with Crippen LogP contribution in [-0.2, 0) is 13.6 Å². The molecule has 0 heterocycles. The average Bonchev–Trinajstić information content (AvgIpc) is 2.75. The van der Waals surface area contributed by atoms with Crippen LogP contribution in [0.15, 0.2) is 58.3 Å². The highest BCUT2D eigenvalue weighted by Gasteiger charge is 2.36. The van der Waals surface area contributed by atoms with E-state index in [9.17, 15) is 4.57 Å². The maximum absolute atomic E-state index is 13.1. The molecule has 0 fully saturated rings. The summed E-state index contributed by atoms with van der Waals surface area (Å²) in [5, 5.41) is 1.37. The average molecular weight is 507 g/mol. The molecule has 0 radical (unpaired) electrons. The van der Waals surface area contributed by atoms with Gasteiger partial charge in [0.1, 0.15) is 9.87 Å². The van der Waals surface area contributed by atoms with Crippen molar-refractivity contribution >= 4 is 55.0 Å². The van der Waals surface area contributed by atoms with Gasteiger partial charge in [-0.25, -0.2) is 0 Å². The summed E-state index contributed by atoms with van der Waals surface area (Å²) in [6.07, 6.45) is 2.80. The zero-order valence-corrected chi connectivity index (χ0v) is 21.9. The Morgan fingerprint density at radius 1 is 0.700 bits per heavy atom. The van der Waals surface area contributed by atoms with E-state index >= 15 is 0 Å². The summed E-state index contributed by atoms with van der Waals surface area (Å²) < 4.78 is 25.3. The van der Waals surface area contributed by atoms with Crippen LogP contribution in [0.3, 0.4) is 0 Å². The molecule has 0 N–H and O–H groups in total. The van der Waals surface area contributed by atoms with Gasteiger partial charge in [-0.15, -0.1) is 0 Å². The molecule has 0 atom stereocenters. The third-order valence-corrected chi connectivity index (χ3v) is 9.92. The second kappa shape index (κ2) is 12.2. The molecule has 8 heteroatoms. The van der Waals surface area contributed by atoms with Gasteiger partial charge in [-0.1, -0.05) is 74.4 Å². The second-order valence-corrected chi connectivity index (χ2v) is 11.4. The fraction of sp³-hybridized carbons (Fsp3) is 0.455. The number of rotatable bonds is 12. The maximum atomic E-state index is 13.1. The van der Waals surface area contributed by atoms with E-state index in [4.69, 9.17) is 32.2 Å². The molecule has 2 aromatic carbocycles. The van der Waals surface area contributed by atoms with Crippen LogP contribution in [0.1, 0.15) is 53.4 Å². The van der Waals surface area contributed by atoms with Crippen LogP contribution in [0, 0.1) is 0 Å². The van der Waals surface area contributed by atoms with Crippen LogP contribution in [0.5, 0.6) is 0 Å². The Kier molecular flexibility index (Phi) is 10.6. The van der Waals surface area contributed by atoms with Gasteiger partial charge >= 0.3 is 8.25 Å². The van der Waals surface area contributed by atoms with Crippen molar-refractivity contribution in [1.29, 1.82) is 0 Å². The fourth-order valence-electron chi connectivity index (χ4n) is 2.88. The number of hydrogen-bond acceptors (Lipinski definition) is 5. The summed E-state index contributed by atoms with van der Waals surface area (Å²) in [5.74, 6) is 0. The van der Waals surface area contributed by atoms with E-state index in [1.807, 2.05) is 76.2 Å². The lowest BCUT2D eigenvalue weighted by Gasteiger charge is -2.35. The Hall–Kier alpha value is -0.130. The van der Waals surface area contributed by atoms with E-state index in [1.54, 1.807) is 23.5 Å². The highest BCUT2D eigenvalue weighted by atomic mass is 35.5. The van der Waals surface area contributed by atoms with E-state index in [2.05, 4.69) is 0 Å². The molecule has 0 saturated carbocycles. The molecule has 0 aromatic heterocycles. The van der Waals surface area contributed by atoms with Gasteiger partial charge in [-0.3, -0.25) is 13.6 Å². The largest absolute Gasteiger partial charge is 0.321 e. The van der Waals surface area contributed by atoms with E-state index in [0.717, 1.165) is 9.79 Å². The monoisotopic (exact) mass is 506 g/mol. The Morgan fingerprint density at radius 2 is 1.00 bits per heavy atom. The molecule has 30 heavy (non-hydrogen) atoms. The highest BCUT2D eigenvalue weighted by Crippen LogP contribution is 2.51. The minimum atomic E-state index is -2.75. The molecule has 3 nitrogen and oxygen atoms in total. The molecule has 0 spiro atoms. The summed E-state index contributed by atoms with van der Waals surface area (Å²) in [7, 11) is -2.75. The molecular weight excluding hydrogens is 478 g/mol. The molecule has 2 rings (SSSR count). The molecule has 166 valence electrons. The van der Waals surface area contributed by atoms with E-state index in [-0.39, 0.29) is 0 Å². The van der Waals surface area contributed by atoms with Crippen molar-refractivity contribution in [2.24, 2.45) is 0 Å². The van der Waals surface area contributed by atoms with Crippen LogP contribution < -0.4 is 0 Å². The van der Waals surface area contributed by atoms with Crippen molar-refractivity contribution in [1.82, 2.24) is 0 Å². The van der Waals surface area contributed by atoms with Crippen molar-refractivity contribution in [3.05, 3.63) is 58.6 Å². The van der Waals surface area contributed by atoms with Crippen LogP contribution in [0.4, 0.5) is 0 Å². The lowest BCUT2D eigenvalue weighted by Crippen LogP contribution is -2.28. The quantitative estimate of drug-likeness (QED) is 0.162. The zero-order chi connectivity index (χ0) is 22.2. The first-order valence-electron chi connectivity index (χ1n) is 10.1. The first kappa shape index (κ1) is 26.1. The van der Waals surface area contributed by atoms with Crippen molar-refractivity contribution in [3.63, 3.8) is 0 Å². The zero-order valence-electron chi connectivity index (χ0n) is 17.7. The molecule has 0 unspecified atom stereocenters. The Morgan fingerprint density at radius 3 is 1.27 bits per heavy atom. The van der Waals surface area contributed by atoms with E-state index in [0.29, 0.717) is 35.7 Å². The molecule has 0 aliphatic rings. The van der Waals surface area contributed by atoms with Crippen molar-refractivity contribution in [2.75, 3.05) is 0 Å².